The Bertz CT molecular complexity index is 981. The second-order valence-electron chi connectivity index (χ2n) is 5.56. The lowest BCUT2D eigenvalue weighted by Gasteiger charge is -2.06. The van der Waals surface area contributed by atoms with E-state index in [0.29, 0.717) is 28.5 Å². The van der Waals surface area contributed by atoms with Crippen LogP contribution in [-0.4, -0.2) is 15.9 Å². The average Bonchev–Trinajstić information content (AvgIpc) is 3.06. The zero-order chi connectivity index (χ0) is 18.7. The highest BCUT2D eigenvalue weighted by atomic mass is 35.5. The van der Waals surface area contributed by atoms with Gasteiger partial charge in [0.1, 0.15) is 5.75 Å². The van der Waals surface area contributed by atoms with Crippen molar-refractivity contribution in [2.24, 2.45) is 0 Å². The molecule has 0 saturated heterocycles. The molecule has 0 fully saturated rings. The van der Waals surface area contributed by atoms with Crippen molar-refractivity contribution < 1.29 is 14.5 Å². The highest BCUT2D eigenvalue weighted by Crippen LogP contribution is 2.32. The van der Waals surface area contributed by atoms with Crippen molar-refractivity contribution >= 4 is 23.3 Å². The Morgan fingerprint density at radius 1 is 1.19 bits per heavy atom. The van der Waals surface area contributed by atoms with Crippen molar-refractivity contribution in [1.82, 2.24) is 4.98 Å². The number of nitrogens with zero attached hydrogens (tertiary/aromatic N) is 1. The number of nitrogens with one attached hydrogen (secondary N) is 1. The van der Waals surface area contributed by atoms with Crippen molar-refractivity contribution in [2.45, 2.75) is 13.3 Å². The van der Waals surface area contributed by atoms with Gasteiger partial charge in [0, 0.05) is 16.8 Å². The van der Waals surface area contributed by atoms with Gasteiger partial charge in [0.05, 0.1) is 21.7 Å². The number of rotatable bonds is 5. The van der Waals surface area contributed by atoms with Crippen LogP contribution in [0.3, 0.4) is 0 Å². The first-order chi connectivity index (χ1) is 12.5. The second-order valence-corrected chi connectivity index (χ2v) is 5.99. The minimum absolute atomic E-state index is 0.0891. The number of hydrogen-bond donors (Lipinski definition) is 1. The van der Waals surface area contributed by atoms with Gasteiger partial charge in [-0.25, -0.2) is 4.79 Å². The number of carbonyl (C=O) groups is 1. The molecule has 0 spiro atoms. The van der Waals surface area contributed by atoms with Gasteiger partial charge in [0.2, 0.25) is 0 Å². The molecule has 1 aromatic heterocycles. The number of ether oxygens (including phenoxy) is 1. The van der Waals surface area contributed by atoms with E-state index in [2.05, 4.69) is 4.98 Å². The number of para-hydroxylation sites is 1. The zero-order valence-electron chi connectivity index (χ0n) is 13.9. The van der Waals surface area contributed by atoms with Crippen molar-refractivity contribution in [3.8, 4) is 17.0 Å². The third-order valence-corrected chi connectivity index (χ3v) is 4.09. The predicted molar refractivity (Wildman–Crippen MR) is 98.7 cm³/mol. The maximum atomic E-state index is 12.7. The number of aromatic amines is 1. The molecule has 0 aliphatic rings. The van der Waals surface area contributed by atoms with Crippen molar-refractivity contribution in [3.63, 3.8) is 0 Å². The maximum absolute atomic E-state index is 12.7. The first kappa shape index (κ1) is 17.7. The number of halogens is 1. The van der Waals surface area contributed by atoms with Crippen LogP contribution in [0.1, 0.15) is 23.0 Å². The molecule has 7 heteroatoms. The third kappa shape index (κ3) is 3.60. The molecule has 0 aliphatic carbocycles. The fourth-order valence-corrected chi connectivity index (χ4v) is 2.79. The van der Waals surface area contributed by atoms with Gasteiger partial charge in [0.25, 0.3) is 5.69 Å². The number of hydrogen-bond acceptors (Lipinski definition) is 4. The zero-order valence-corrected chi connectivity index (χ0v) is 14.6. The molecule has 0 amide bonds. The lowest BCUT2D eigenvalue weighted by atomic mass is 10.1. The molecule has 2 aromatic carbocycles. The van der Waals surface area contributed by atoms with Crippen molar-refractivity contribution in [3.05, 3.63) is 81.0 Å². The highest BCUT2D eigenvalue weighted by Gasteiger charge is 2.24. The Labute approximate surface area is 154 Å². The fourth-order valence-electron chi connectivity index (χ4n) is 2.61. The molecular weight excluding hydrogens is 356 g/mol. The van der Waals surface area contributed by atoms with E-state index in [-0.39, 0.29) is 11.3 Å². The molecule has 0 radical (unpaired) electrons. The van der Waals surface area contributed by atoms with Crippen LogP contribution in [0.2, 0.25) is 5.02 Å². The fraction of sp³-hybridized carbons (Fsp3) is 0.105. The molecule has 3 rings (SSSR count). The Kier molecular flexibility index (Phi) is 5.04. The van der Waals surface area contributed by atoms with Crippen molar-refractivity contribution in [2.75, 3.05) is 0 Å². The molecule has 6 nitrogen and oxygen atoms in total. The Morgan fingerprint density at radius 3 is 2.65 bits per heavy atom. The van der Waals surface area contributed by atoms with E-state index < -0.39 is 10.9 Å². The molecule has 132 valence electrons. The molecule has 0 bridgehead atoms. The summed E-state index contributed by atoms with van der Waals surface area (Å²) in [6.07, 6.45) is 0.637. The van der Waals surface area contributed by atoms with Gasteiger partial charge in [0.15, 0.2) is 0 Å². The maximum Gasteiger partial charge on any atom is 0.345 e. The molecule has 1 heterocycles. The monoisotopic (exact) mass is 370 g/mol. The molecule has 26 heavy (non-hydrogen) atoms. The minimum Gasteiger partial charge on any atom is -0.423 e. The van der Waals surface area contributed by atoms with Crippen LogP contribution < -0.4 is 4.74 Å². The molecule has 0 aliphatic heterocycles. The number of benzene rings is 2. The molecule has 0 atom stereocenters. The molecule has 0 unspecified atom stereocenters. The van der Waals surface area contributed by atoms with Crippen LogP contribution in [-0.2, 0) is 6.42 Å². The lowest BCUT2D eigenvalue weighted by molar-refractivity contribution is -0.384. The summed E-state index contributed by atoms with van der Waals surface area (Å²) in [5, 5.41) is 11.8. The summed E-state index contributed by atoms with van der Waals surface area (Å²) < 4.78 is 5.39. The lowest BCUT2D eigenvalue weighted by Crippen LogP contribution is -2.09. The van der Waals surface area contributed by atoms with Gasteiger partial charge in [-0.2, -0.15) is 0 Å². The first-order valence-electron chi connectivity index (χ1n) is 7.93. The summed E-state index contributed by atoms with van der Waals surface area (Å²) in [6.45, 7) is 1.92. The molecule has 0 saturated carbocycles. The van der Waals surface area contributed by atoms with Gasteiger partial charge in [-0.05, 0) is 36.8 Å². The number of aryl methyl sites for hydroxylation is 1. The number of H-pyrrole nitrogens is 1. The molecular formula is C19H15ClN2O4. The quantitative estimate of drug-likeness (QED) is 0.295. The number of esters is 1. The first-order valence-corrected chi connectivity index (χ1v) is 8.30. The summed E-state index contributed by atoms with van der Waals surface area (Å²) in [7, 11) is 0. The normalized spacial score (nSPS) is 10.5. The number of aromatic nitrogens is 1. The van der Waals surface area contributed by atoms with Crippen LogP contribution >= 0.6 is 11.6 Å². The second kappa shape index (κ2) is 7.41. The Morgan fingerprint density at radius 2 is 1.96 bits per heavy atom. The van der Waals surface area contributed by atoms with Gasteiger partial charge in [-0.15, -0.1) is 0 Å². The van der Waals surface area contributed by atoms with E-state index >= 15 is 0 Å². The van der Waals surface area contributed by atoms with Crippen LogP contribution in [0.4, 0.5) is 5.69 Å². The van der Waals surface area contributed by atoms with E-state index in [1.165, 1.54) is 12.1 Å². The van der Waals surface area contributed by atoms with Crippen molar-refractivity contribution in [1.29, 1.82) is 0 Å². The predicted octanol–water partition coefficient (Wildman–Crippen LogP) is 5.02. The van der Waals surface area contributed by atoms with Gasteiger partial charge >= 0.3 is 5.97 Å². The minimum atomic E-state index is -0.614. The number of nitro benzene ring substituents is 1. The summed E-state index contributed by atoms with van der Waals surface area (Å²) >= 11 is 5.91. The SMILES string of the molecule is CCc1cc(C(=O)Oc2cccc(Cl)c2)c(-c2ccccc2[N+](=O)[O-])[nH]1. The van der Waals surface area contributed by atoms with Crippen LogP contribution in [0, 0.1) is 10.1 Å². The summed E-state index contributed by atoms with van der Waals surface area (Å²) in [5.74, 6) is -0.313. The summed E-state index contributed by atoms with van der Waals surface area (Å²) in [6, 6.07) is 14.4. The number of nitro groups is 1. The average molecular weight is 371 g/mol. The van der Waals surface area contributed by atoms with E-state index in [1.807, 2.05) is 6.92 Å². The van der Waals surface area contributed by atoms with Crippen LogP contribution in [0.15, 0.2) is 54.6 Å². The Balaban J connectivity index is 2.04. The van der Waals surface area contributed by atoms with Crippen LogP contribution in [0.25, 0.3) is 11.3 Å². The largest absolute Gasteiger partial charge is 0.423 e. The van der Waals surface area contributed by atoms with E-state index in [9.17, 15) is 14.9 Å². The van der Waals surface area contributed by atoms with E-state index in [0.717, 1.165) is 5.69 Å². The number of carbonyl (C=O) groups excluding carboxylic acids is 1. The standard InChI is InChI=1S/C19H15ClN2O4/c1-2-13-11-16(19(23)26-14-7-5-6-12(20)10-14)18(21-13)15-8-3-4-9-17(15)22(24)25/h3-11,21H,2H2,1H3. The van der Waals surface area contributed by atoms with Gasteiger partial charge in [-0.3, -0.25) is 10.1 Å². The molecule has 3 aromatic rings. The van der Waals surface area contributed by atoms with Gasteiger partial charge in [-0.1, -0.05) is 36.7 Å². The highest BCUT2D eigenvalue weighted by molar-refractivity contribution is 6.30. The Hall–Kier alpha value is -3.12. The summed E-state index contributed by atoms with van der Waals surface area (Å²) in [4.78, 5) is 26.6. The third-order valence-electron chi connectivity index (χ3n) is 3.85. The van der Waals surface area contributed by atoms with Crippen LogP contribution in [0.5, 0.6) is 5.75 Å². The van der Waals surface area contributed by atoms with Gasteiger partial charge < -0.3 is 9.72 Å². The van der Waals surface area contributed by atoms with E-state index in [1.54, 1.807) is 42.5 Å². The molecule has 1 N–H and O–H groups in total. The van der Waals surface area contributed by atoms with E-state index in [4.69, 9.17) is 16.3 Å². The smallest absolute Gasteiger partial charge is 0.345 e. The summed E-state index contributed by atoms with van der Waals surface area (Å²) in [5.41, 5.74) is 1.61. The topological polar surface area (TPSA) is 85.2 Å².